The van der Waals surface area contributed by atoms with Crippen LogP contribution in [0.1, 0.15) is 36.8 Å². The number of hydrogen-bond acceptors (Lipinski definition) is 6. The number of nitrogens with zero attached hydrogens (tertiary/aromatic N) is 5. The molecule has 14 heteroatoms. The van der Waals surface area contributed by atoms with Crippen molar-refractivity contribution < 1.29 is 19.2 Å². The predicted molar refractivity (Wildman–Crippen MR) is 191 cm³/mol. The van der Waals surface area contributed by atoms with Gasteiger partial charge in [0.2, 0.25) is 11.8 Å². The molecular formula is C34H44Br2N8O4. The number of piperidine rings is 2. The maximum absolute atomic E-state index is 14.1. The maximum atomic E-state index is 14.1. The number of amides is 6. The van der Waals surface area contributed by atoms with Crippen molar-refractivity contribution in [2.24, 2.45) is 5.92 Å². The minimum absolute atomic E-state index is 0.0119. The average molecular weight is 789 g/mol. The zero-order valence-corrected chi connectivity index (χ0v) is 30.5. The molecule has 2 aromatic carbocycles. The first-order valence-corrected chi connectivity index (χ1v) is 18.4. The number of likely N-dealkylation sites (tertiary alicyclic amines) is 2. The third-order valence-electron chi connectivity index (χ3n) is 10.2. The second kappa shape index (κ2) is 15.0. The Morgan fingerprint density at radius 3 is 2.19 bits per heavy atom. The van der Waals surface area contributed by atoms with Crippen molar-refractivity contribution in [3.63, 3.8) is 0 Å². The summed E-state index contributed by atoms with van der Waals surface area (Å²) in [6.07, 6.45) is 3.30. The van der Waals surface area contributed by atoms with E-state index >= 15 is 0 Å². The molecule has 0 aromatic heterocycles. The highest BCUT2D eigenvalue weighted by Gasteiger charge is 2.36. The van der Waals surface area contributed by atoms with Gasteiger partial charge in [-0.05, 0) is 107 Å². The van der Waals surface area contributed by atoms with Gasteiger partial charge < -0.3 is 40.9 Å². The average Bonchev–Trinajstić information content (AvgIpc) is 3.10. The van der Waals surface area contributed by atoms with Crippen LogP contribution in [-0.4, -0.2) is 120 Å². The number of nitrogen functional groups attached to an aromatic ring is 1. The van der Waals surface area contributed by atoms with Gasteiger partial charge in [0.25, 0.3) is 0 Å². The van der Waals surface area contributed by atoms with Crippen molar-refractivity contribution in [1.82, 2.24) is 29.8 Å². The van der Waals surface area contributed by atoms with Gasteiger partial charge >= 0.3 is 12.1 Å². The largest absolute Gasteiger partial charge is 0.397 e. The lowest BCUT2D eigenvalue weighted by Crippen LogP contribution is -2.59. The molecule has 48 heavy (non-hydrogen) atoms. The van der Waals surface area contributed by atoms with Gasteiger partial charge in [-0.2, -0.15) is 0 Å². The highest BCUT2D eigenvalue weighted by Crippen LogP contribution is 2.31. The molecule has 3 fully saturated rings. The Morgan fingerprint density at radius 2 is 1.52 bits per heavy atom. The van der Waals surface area contributed by atoms with Crippen LogP contribution in [0.15, 0.2) is 45.3 Å². The van der Waals surface area contributed by atoms with E-state index in [1.165, 1.54) is 0 Å². The monoisotopic (exact) mass is 786 g/mol. The number of nitrogens with two attached hydrogens (primary N) is 1. The van der Waals surface area contributed by atoms with E-state index in [1.54, 1.807) is 9.80 Å². The minimum atomic E-state index is -0.807. The number of para-hydroxylation sites is 1. The number of fused-ring (bicyclic) bond motifs is 1. The summed E-state index contributed by atoms with van der Waals surface area (Å²) < 4.78 is 1.41. The lowest BCUT2D eigenvalue weighted by molar-refractivity contribution is -0.143. The number of rotatable bonds is 6. The number of urea groups is 2. The molecule has 0 saturated carbocycles. The Labute approximate surface area is 298 Å². The van der Waals surface area contributed by atoms with E-state index in [0.29, 0.717) is 73.3 Å². The highest BCUT2D eigenvalue weighted by molar-refractivity contribution is 9.11. The first kappa shape index (κ1) is 34.5. The number of benzene rings is 2. The second-order valence-corrected chi connectivity index (χ2v) is 15.0. The molecule has 12 nitrogen and oxygen atoms in total. The number of halogens is 2. The van der Waals surface area contributed by atoms with Gasteiger partial charge in [-0.3, -0.25) is 9.59 Å². The molecule has 2 aromatic rings. The Bertz CT molecular complexity index is 1510. The summed E-state index contributed by atoms with van der Waals surface area (Å²) in [6.45, 7) is 5.15. The van der Waals surface area contributed by atoms with E-state index in [2.05, 4.69) is 54.4 Å². The van der Waals surface area contributed by atoms with E-state index in [0.717, 1.165) is 42.7 Å². The van der Waals surface area contributed by atoms with Crippen LogP contribution in [0.5, 0.6) is 0 Å². The van der Waals surface area contributed by atoms with Crippen LogP contribution in [0, 0.1) is 5.92 Å². The van der Waals surface area contributed by atoms with Crippen molar-refractivity contribution >= 4 is 67.1 Å². The van der Waals surface area contributed by atoms with Crippen molar-refractivity contribution in [2.75, 3.05) is 70.5 Å². The lowest BCUT2D eigenvalue weighted by Gasteiger charge is -2.41. The second-order valence-electron chi connectivity index (χ2n) is 13.3. The van der Waals surface area contributed by atoms with Crippen LogP contribution in [0.25, 0.3) is 0 Å². The number of carbonyl (C=O) groups excluding carboxylic acids is 4. The molecule has 6 amide bonds. The van der Waals surface area contributed by atoms with Crippen molar-refractivity contribution in [2.45, 2.75) is 50.7 Å². The number of piperazine rings is 1. The smallest absolute Gasteiger partial charge is 0.322 e. The fourth-order valence-corrected chi connectivity index (χ4v) is 8.49. The number of hydrogen-bond donors (Lipinski definition) is 3. The molecular weight excluding hydrogens is 744 g/mol. The molecule has 1 atom stereocenters. The van der Waals surface area contributed by atoms with Gasteiger partial charge in [-0.25, -0.2) is 9.59 Å². The zero-order valence-electron chi connectivity index (χ0n) is 27.3. The van der Waals surface area contributed by atoms with Gasteiger partial charge in [0.1, 0.15) is 6.04 Å². The molecule has 4 aliphatic rings. The first-order chi connectivity index (χ1) is 23.1. The third kappa shape index (κ3) is 7.76. The summed E-state index contributed by atoms with van der Waals surface area (Å²) in [5.41, 5.74) is 9.44. The van der Waals surface area contributed by atoms with Gasteiger partial charge in [0.05, 0.1) is 5.69 Å². The number of nitrogens with one attached hydrogen (secondary N) is 2. The topological polar surface area (TPSA) is 135 Å². The molecule has 0 bridgehead atoms. The van der Waals surface area contributed by atoms with Crippen LogP contribution in [-0.2, 0) is 22.6 Å². The molecule has 0 unspecified atom stereocenters. The third-order valence-corrected chi connectivity index (χ3v) is 11.5. The highest BCUT2D eigenvalue weighted by atomic mass is 79.9. The van der Waals surface area contributed by atoms with Crippen LogP contribution >= 0.6 is 31.9 Å². The van der Waals surface area contributed by atoms with E-state index in [1.807, 2.05) is 46.2 Å². The quantitative estimate of drug-likeness (QED) is 0.380. The van der Waals surface area contributed by atoms with Crippen LogP contribution in [0.3, 0.4) is 0 Å². The summed E-state index contributed by atoms with van der Waals surface area (Å²) in [4.78, 5) is 63.3. The van der Waals surface area contributed by atoms with Crippen molar-refractivity contribution in [1.29, 1.82) is 0 Å². The molecule has 0 radical (unpaired) electrons. The van der Waals surface area contributed by atoms with E-state index in [9.17, 15) is 19.2 Å². The Morgan fingerprint density at radius 1 is 0.896 bits per heavy atom. The number of anilines is 2. The summed E-state index contributed by atoms with van der Waals surface area (Å²) in [5.74, 6) is 0.0609. The standard InChI is InChI=1S/C34H44Br2N8O4/c1-40-10-6-23(7-11-40)31(45)41-14-16-42(17-15-41)32(46)29(20-22-18-26(35)30(37)27(36)19-22)39-33(47)43-12-8-25(9-13-43)44-21-24-4-2-3-5-28(24)38-34(44)48/h2-5,18-19,23,25,29H,6-17,20-21,37H2,1H3,(H,38,48)(H,39,47)/t29-/m0/s1. The Hall–Kier alpha value is -3.36. The molecule has 4 heterocycles. The summed E-state index contributed by atoms with van der Waals surface area (Å²) in [7, 11) is 2.08. The van der Waals surface area contributed by atoms with Gasteiger partial charge in [-0.15, -0.1) is 0 Å². The fraction of sp³-hybridized carbons (Fsp3) is 0.529. The summed E-state index contributed by atoms with van der Waals surface area (Å²) >= 11 is 7.01. The zero-order chi connectivity index (χ0) is 33.9. The van der Waals surface area contributed by atoms with E-state index in [4.69, 9.17) is 5.73 Å². The molecule has 0 aliphatic carbocycles. The normalized spacial score (nSPS) is 20.3. The summed E-state index contributed by atoms with van der Waals surface area (Å²) in [6, 6.07) is 10.3. The molecule has 4 N–H and O–H groups in total. The molecule has 0 spiro atoms. The van der Waals surface area contributed by atoms with Gasteiger partial charge in [-0.1, -0.05) is 18.2 Å². The molecule has 4 aliphatic heterocycles. The molecule has 6 rings (SSSR count). The van der Waals surface area contributed by atoms with Crippen LogP contribution in [0.4, 0.5) is 21.0 Å². The van der Waals surface area contributed by atoms with Crippen LogP contribution in [0.2, 0.25) is 0 Å². The van der Waals surface area contributed by atoms with Gasteiger partial charge in [0, 0.05) is 78.8 Å². The maximum Gasteiger partial charge on any atom is 0.322 e. The van der Waals surface area contributed by atoms with Crippen molar-refractivity contribution in [3.05, 3.63) is 56.5 Å². The fourth-order valence-electron chi connectivity index (χ4n) is 7.21. The minimum Gasteiger partial charge on any atom is -0.397 e. The van der Waals surface area contributed by atoms with Crippen molar-refractivity contribution in [3.8, 4) is 0 Å². The Kier molecular flexibility index (Phi) is 10.8. The molecule has 3 saturated heterocycles. The predicted octanol–water partition coefficient (Wildman–Crippen LogP) is 3.94. The summed E-state index contributed by atoms with van der Waals surface area (Å²) in [5, 5.41) is 6.03. The van der Waals surface area contributed by atoms with E-state index in [-0.39, 0.29) is 42.3 Å². The molecule has 258 valence electrons. The van der Waals surface area contributed by atoms with E-state index < -0.39 is 6.04 Å². The Balaban J connectivity index is 1.08. The van der Waals surface area contributed by atoms with Gasteiger partial charge in [0.15, 0.2) is 0 Å². The SMILES string of the molecule is CN1CCC(C(=O)N2CCN(C(=O)[C@H](Cc3cc(Br)c(N)c(Br)c3)NC(=O)N3CCC(N4Cc5ccccc5NC4=O)CC3)CC2)CC1. The van der Waals surface area contributed by atoms with Crippen LogP contribution < -0.4 is 16.4 Å². The first-order valence-electron chi connectivity index (χ1n) is 16.8. The lowest BCUT2D eigenvalue weighted by atomic mass is 9.95. The number of carbonyl (C=O) groups is 4.